The molecule has 0 aromatic carbocycles. The number of hydrogen-bond donors (Lipinski definition) is 1. The van der Waals surface area contributed by atoms with Gasteiger partial charge in [-0.25, -0.2) is 0 Å². The minimum Gasteiger partial charge on any atom is -0.330 e. The molecule has 2 N–H and O–H groups in total. The fourth-order valence-corrected chi connectivity index (χ4v) is 2.59. The lowest BCUT2D eigenvalue weighted by Gasteiger charge is -1.93. The fourth-order valence-electron chi connectivity index (χ4n) is 1.18. The summed E-state index contributed by atoms with van der Waals surface area (Å²) in [6, 6.07) is 1.39. The molecule has 0 radical (unpaired) electrons. The lowest BCUT2D eigenvalue weighted by atomic mass is 10.4. The Kier molecular flexibility index (Phi) is 2.54. The van der Waals surface area contributed by atoms with Crippen molar-refractivity contribution in [1.29, 1.82) is 0 Å². The Balaban J connectivity index is 2.67. The van der Waals surface area contributed by atoms with Crippen LogP contribution in [-0.4, -0.2) is 15.9 Å². The molecular weight excluding hydrogens is 222 g/mol. The molecule has 4 nitrogen and oxygen atoms in total. The number of nitrogens with zero attached hydrogens (tertiary/aromatic N) is 2. The van der Waals surface area contributed by atoms with Crippen LogP contribution >= 0.6 is 22.9 Å². The van der Waals surface area contributed by atoms with Crippen molar-refractivity contribution in [2.24, 2.45) is 5.73 Å². The molecule has 0 atom stereocenters. The van der Waals surface area contributed by atoms with Gasteiger partial charge in [-0.3, -0.25) is 9.20 Å². The van der Waals surface area contributed by atoms with Gasteiger partial charge in [-0.1, -0.05) is 22.9 Å². The molecule has 0 aliphatic rings. The predicted octanol–water partition coefficient (Wildman–Crippen LogP) is 0.911. The van der Waals surface area contributed by atoms with Gasteiger partial charge in [0.25, 0.3) is 5.56 Å². The molecule has 0 spiro atoms. The smallest absolute Gasteiger partial charge is 0.273 e. The van der Waals surface area contributed by atoms with E-state index in [0.29, 0.717) is 23.1 Å². The fraction of sp³-hybridized carbons (Fsp3) is 0.250. The van der Waals surface area contributed by atoms with E-state index in [1.807, 2.05) is 0 Å². The summed E-state index contributed by atoms with van der Waals surface area (Å²) < 4.78 is 1.69. The van der Waals surface area contributed by atoms with Crippen LogP contribution in [0.5, 0.6) is 0 Å². The van der Waals surface area contributed by atoms with Crippen LogP contribution in [0.3, 0.4) is 0 Å². The van der Waals surface area contributed by atoms with Gasteiger partial charge in [-0.05, 0) is 13.0 Å². The number of thiazole rings is 1. The first kappa shape index (κ1) is 9.64. The van der Waals surface area contributed by atoms with E-state index in [1.165, 1.54) is 17.4 Å². The second kappa shape index (κ2) is 3.68. The lowest BCUT2D eigenvalue weighted by Crippen LogP contribution is -2.04. The summed E-state index contributed by atoms with van der Waals surface area (Å²) >= 11 is 7.47. The average molecular weight is 230 g/mol. The van der Waals surface area contributed by atoms with Crippen molar-refractivity contribution in [3.8, 4) is 0 Å². The molecule has 0 saturated carbocycles. The second-order valence-corrected chi connectivity index (χ2v) is 4.19. The van der Waals surface area contributed by atoms with Gasteiger partial charge in [0.05, 0.1) is 0 Å². The zero-order chi connectivity index (χ0) is 10.1. The van der Waals surface area contributed by atoms with Crippen molar-refractivity contribution in [3.63, 3.8) is 0 Å². The molecule has 0 aliphatic carbocycles. The summed E-state index contributed by atoms with van der Waals surface area (Å²) in [4.78, 5) is 16.4. The van der Waals surface area contributed by atoms with Gasteiger partial charge >= 0.3 is 0 Å². The summed E-state index contributed by atoms with van der Waals surface area (Å²) in [5.74, 6) is 0. The third-order valence-corrected chi connectivity index (χ3v) is 3.44. The molecule has 2 rings (SSSR count). The van der Waals surface area contributed by atoms with Gasteiger partial charge < -0.3 is 5.73 Å². The molecule has 0 bridgehead atoms. The minimum atomic E-state index is -0.248. The Morgan fingerprint density at radius 1 is 1.64 bits per heavy atom. The largest absolute Gasteiger partial charge is 0.330 e. The molecule has 0 amide bonds. The van der Waals surface area contributed by atoms with Gasteiger partial charge in [0.1, 0.15) is 5.15 Å². The standard InChI is InChI=1S/C8H8ClN3OS/c9-7-5(1-3-10)14-8-11-6(13)2-4-12(7)8/h2,4H,1,3,10H2. The highest BCUT2D eigenvalue weighted by molar-refractivity contribution is 7.17. The molecule has 0 saturated heterocycles. The number of halogens is 1. The zero-order valence-corrected chi connectivity index (χ0v) is 8.81. The van der Waals surface area contributed by atoms with Crippen LogP contribution in [0, 0.1) is 0 Å². The number of hydrogen-bond acceptors (Lipinski definition) is 4. The van der Waals surface area contributed by atoms with Crippen LogP contribution in [0.15, 0.2) is 17.1 Å². The highest BCUT2D eigenvalue weighted by atomic mass is 35.5. The Morgan fingerprint density at radius 3 is 3.14 bits per heavy atom. The zero-order valence-electron chi connectivity index (χ0n) is 7.24. The van der Waals surface area contributed by atoms with E-state index in [1.54, 1.807) is 10.6 Å². The highest BCUT2D eigenvalue weighted by Crippen LogP contribution is 2.25. The molecule has 0 aliphatic heterocycles. The third kappa shape index (κ3) is 1.54. The first-order valence-electron chi connectivity index (χ1n) is 4.09. The van der Waals surface area contributed by atoms with Crippen LogP contribution < -0.4 is 11.3 Å². The van der Waals surface area contributed by atoms with Gasteiger partial charge in [-0.2, -0.15) is 4.98 Å². The number of fused-ring (bicyclic) bond motifs is 1. The summed E-state index contributed by atoms with van der Waals surface area (Å²) in [6.07, 6.45) is 2.34. The first-order valence-corrected chi connectivity index (χ1v) is 5.28. The highest BCUT2D eigenvalue weighted by Gasteiger charge is 2.09. The molecule has 2 heterocycles. The van der Waals surface area contributed by atoms with Crippen LogP contribution in [0.4, 0.5) is 0 Å². The second-order valence-electron chi connectivity index (χ2n) is 2.77. The number of rotatable bonds is 2. The van der Waals surface area contributed by atoms with E-state index in [2.05, 4.69) is 4.98 Å². The van der Waals surface area contributed by atoms with Crippen LogP contribution in [-0.2, 0) is 6.42 Å². The average Bonchev–Trinajstić information content (AvgIpc) is 2.44. The molecule has 74 valence electrons. The minimum absolute atomic E-state index is 0.248. The monoisotopic (exact) mass is 229 g/mol. The van der Waals surface area contributed by atoms with Crippen molar-refractivity contribution < 1.29 is 0 Å². The topological polar surface area (TPSA) is 60.4 Å². The molecule has 2 aromatic heterocycles. The Hall–Kier alpha value is -0.910. The normalized spacial score (nSPS) is 11.0. The maximum atomic E-state index is 11.0. The van der Waals surface area contributed by atoms with Crippen LogP contribution in [0.2, 0.25) is 5.15 Å². The van der Waals surface area contributed by atoms with Crippen molar-refractivity contribution >= 4 is 27.9 Å². The van der Waals surface area contributed by atoms with Gasteiger partial charge in [0.2, 0.25) is 0 Å². The van der Waals surface area contributed by atoms with E-state index in [4.69, 9.17) is 17.3 Å². The maximum Gasteiger partial charge on any atom is 0.273 e. The SMILES string of the molecule is NCCc1sc2nc(=O)ccn2c1Cl. The molecule has 6 heteroatoms. The van der Waals surface area contributed by atoms with Crippen molar-refractivity contribution in [1.82, 2.24) is 9.38 Å². The molecule has 14 heavy (non-hydrogen) atoms. The summed E-state index contributed by atoms with van der Waals surface area (Å²) in [5.41, 5.74) is 5.19. The molecule has 0 unspecified atom stereocenters. The van der Waals surface area contributed by atoms with E-state index in [9.17, 15) is 4.79 Å². The number of nitrogens with two attached hydrogens (primary N) is 1. The third-order valence-electron chi connectivity index (χ3n) is 1.81. The van der Waals surface area contributed by atoms with E-state index < -0.39 is 0 Å². The summed E-state index contributed by atoms with van der Waals surface area (Å²) in [7, 11) is 0. The molecule has 0 fully saturated rings. The Labute approximate surface area is 89.0 Å². The van der Waals surface area contributed by atoms with Crippen LogP contribution in [0.1, 0.15) is 4.88 Å². The van der Waals surface area contributed by atoms with Crippen molar-refractivity contribution in [2.75, 3.05) is 6.54 Å². The Morgan fingerprint density at radius 2 is 2.43 bits per heavy atom. The molecular formula is C8H8ClN3OS. The summed E-state index contributed by atoms with van der Waals surface area (Å²) in [5, 5.41) is 0.600. The Bertz CT molecular complexity index is 519. The molecule has 2 aromatic rings. The van der Waals surface area contributed by atoms with Crippen LogP contribution in [0.25, 0.3) is 4.96 Å². The lowest BCUT2D eigenvalue weighted by molar-refractivity contribution is 0.976. The van der Waals surface area contributed by atoms with Gasteiger partial charge in [0.15, 0.2) is 4.96 Å². The van der Waals surface area contributed by atoms with Crippen molar-refractivity contribution in [3.05, 3.63) is 32.6 Å². The predicted molar refractivity (Wildman–Crippen MR) is 57.1 cm³/mol. The first-order chi connectivity index (χ1) is 6.72. The number of aromatic nitrogens is 2. The van der Waals surface area contributed by atoms with Crippen molar-refractivity contribution in [2.45, 2.75) is 6.42 Å². The van der Waals surface area contributed by atoms with E-state index in [-0.39, 0.29) is 5.56 Å². The van der Waals surface area contributed by atoms with Gasteiger partial charge in [0, 0.05) is 17.1 Å². The van der Waals surface area contributed by atoms with E-state index >= 15 is 0 Å². The van der Waals surface area contributed by atoms with Gasteiger partial charge in [-0.15, -0.1) is 0 Å². The van der Waals surface area contributed by atoms with E-state index in [0.717, 1.165) is 4.88 Å². The summed E-state index contributed by atoms with van der Waals surface area (Å²) in [6.45, 7) is 0.539. The quantitative estimate of drug-likeness (QED) is 0.833. The maximum absolute atomic E-state index is 11.0.